The molecule has 0 amide bonds. The van der Waals surface area contributed by atoms with E-state index in [1.54, 1.807) is 0 Å². The number of hydrogen-bond donors (Lipinski definition) is 0. The van der Waals surface area contributed by atoms with Crippen LogP contribution in [0.2, 0.25) is 36.3 Å². The van der Waals surface area contributed by atoms with E-state index in [0.29, 0.717) is 6.61 Å². The van der Waals surface area contributed by atoms with Crippen LogP contribution in [-0.4, -0.2) is 53.6 Å². The van der Waals surface area contributed by atoms with Crippen molar-refractivity contribution < 1.29 is 23.1 Å². The van der Waals surface area contributed by atoms with Crippen LogP contribution in [0.25, 0.3) is 0 Å². The predicted octanol–water partition coefficient (Wildman–Crippen LogP) is 5.12. The van der Waals surface area contributed by atoms with Crippen LogP contribution in [0.15, 0.2) is 0 Å². The van der Waals surface area contributed by atoms with E-state index in [-0.39, 0.29) is 28.3 Å². The molecule has 0 saturated carbocycles. The lowest BCUT2D eigenvalue weighted by atomic mass is 10.1. The molecule has 0 bridgehead atoms. The molecular formula is C20H42O5Si2. The molecule has 1 heterocycles. The number of hydrogen-bond acceptors (Lipinski definition) is 5. The van der Waals surface area contributed by atoms with Crippen molar-refractivity contribution in [3.63, 3.8) is 0 Å². The maximum absolute atomic E-state index is 12.7. The maximum Gasteiger partial charge on any atom is 0.338 e. The first-order valence-electron chi connectivity index (χ1n) is 10.1. The Kier molecular flexibility index (Phi) is 7.59. The Labute approximate surface area is 168 Å². The Balaban J connectivity index is 3.14. The van der Waals surface area contributed by atoms with E-state index in [2.05, 4.69) is 67.7 Å². The molecule has 3 atom stereocenters. The highest BCUT2D eigenvalue weighted by Gasteiger charge is 2.52. The highest BCUT2D eigenvalue weighted by Crippen LogP contribution is 2.42. The van der Waals surface area contributed by atoms with Gasteiger partial charge in [-0.3, -0.25) is 0 Å². The number of carbonyl (C=O) groups excluding carboxylic acids is 1. The van der Waals surface area contributed by atoms with Gasteiger partial charge >= 0.3 is 5.97 Å². The molecule has 160 valence electrons. The van der Waals surface area contributed by atoms with Crippen LogP contribution in [0.3, 0.4) is 0 Å². The molecule has 0 aliphatic carbocycles. The summed E-state index contributed by atoms with van der Waals surface area (Å²) in [5.41, 5.74) is 0. The molecule has 1 aliphatic heterocycles. The van der Waals surface area contributed by atoms with Gasteiger partial charge in [0.2, 0.25) is 0 Å². The van der Waals surface area contributed by atoms with Gasteiger partial charge in [0.15, 0.2) is 22.7 Å². The lowest BCUT2D eigenvalue weighted by Crippen LogP contribution is -2.54. The third-order valence-corrected chi connectivity index (χ3v) is 15.2. The van der Waals surface area contributed by atoms with Gasteiger partial charge in [-0.05, 0) is 50.1 Å². The molecular weight excluding hydrogens is 376 g/mol. The van der Waals surface area contributed by atoms with Gasteiger partial charge in [-0.2, -0.15) is 0 Å². The average molecular weight is 419 g/mol. The second-order valence-corrected chi connectivity index (χ2v) is 20.5. The quantitative estimate of drug-likeness (QED) is 0.443. The van der Waals surface area contributed by atoms with Crippen molar-refractivity contribution in [2.45, 2.75) is 116 Å². The molecule has 1 saturated heterocycles. The van der Waals surface area contributed by atoms with Gasteiger partial charge in [-0.1, -0.05) is 41.5 Å². The molecule has 1 fully saturated rings. The Hall–Kier alpha value is -0.216. The summed E-state index contributed by atoms with van der Waals surface area (Å²) in [6, 6.07) is 0. The minimum absolute atomic E-state index is 0.0314. The molecule has 5 nitrogen and oxygen atoms in total. The fraction of sp³-hybridized carbons (Fsp3) is 0.950. The van der Waals surface area contributed by atoms with Crippen molar-refractivity contribution in [3.05, 3.63) is 0 Å². The summed E-state index contributed by atoms with van der Waals surface area (Å²) in [6.45, 7) is 26.1. The summed E-state index contributed by atoms with van der Waals surface area (Å²) in [4.78, 5) is 12.7. The van der Waals surface area contributed by atoms with Gasteiger partial charge in [0.05, 0.1) is 18.8 Å². The van der Waals surface area contributed by atoms with Crippen LogP contribution in [0.1, 0.15) is 55.4 Å². The minimum Gasteiger partial charge on any atom is -0.461 e. The fourth-order valence-electron chi connectivity index (χ4n) is 2.40. The molecule has 0 aromatic carbocycles. The standard InChI is InChI=1S/C20H42O5Si2/c1-14(2)23-18(21)17-16(25-27(11,12)20(6,7)8)15(13-22-17)24-26(9,10)19(3,4)5/h14-17H,13H2,1-12H3/t15-,16-,17-/m0/s1. The van der Waals surface area contributed by atoms with E-state index >= 15 is 0 Å². The first-order valence-corrected chi connectivity index (χ1v) is 15.9. The highest BCUT2D eigenvalue weighted by atomic mass is 28.4. The van der Waals surface area contributed by atoms with Crippen LogP contribution in [0.4, 0.5) is 0 Å². The molecule has 0 unspecified atom stereocenters. The van der Waals surface area contributed by atoms with Crippen LogP contribution in [0, 0.1) is 0 Å². The Bertz CT molecular complexity index is 517. The van der Waals surface area contributed by atoms with Crippen molar-refractivity contribution in [2.24, 2.45) is 0 Å². The summed E-state index contributed by atoms with van der Waals surface area (Å²) in [6.07, 6.45) is -1.58. The van der Waals surface area contributed by atoms with Crippen molar-refractivity contribution in [3.8, 4) is 0 Å². The van der Waals surface area contributed by atoms with Gasteiger partial charge in [-0.25, -0.2) is 4.79 Å². The van der Waals surface area contributed by atoms with E-state index in [0.717, 1.165) is 0 Å². The molecule has 1 rings (SSSR count). The molecule has 0 aromatic rings. The van der Waals surface area contributed by atoms with Gasteiger partial charge < -0.3 is 18.3 Å². The number of carbonyl (C=O) groups is 1. The molecule has 0 aromatic heterocycles. The van der Waals surface area contributed by atoms with Crippen molar-refractivity contribution in [1.29, 1.82) is 0 Å². The molecule has 7 heteroatoms. The fourth-order valence-corrected chi connectivity index (χ4v) is 5.02. The SMILES string of the molecule is CC(C)OC(=O)[C@H]1OC[C@H](O[Si](C)(C)C(C)(C)C)[C@@H]1O[Si](C)(C)C(C)(C)C. The summed E-state index contributed by atoms with van der Waals surface area (Å²) >= 11 is 0. The zero-order valence-corrected chi connectivity index (χ0v) is 21.6. The summed E-state index contributed by atoms with van der Waals surface area (Å²) in [5, 5.41) is 0.106. The van der Waals surface area contributed by atoms with Crippen molar-refractivity contribution in [2.75, 3.05) is 6.61 Å². The zero-order chi connectivity index (χ0) is 21.4. The molecule has 0 N–H and O–H groups in total. The third kappa shape index (κ3) is 6.13. The topological polar surface area (TPSA) is 54.0 Å². The normalized spacial score (nSPS) is 25.1. The summed E-state index contributed by atoms with van der Waals surface area (Å²) in [5.74, 6) is -0.352. The number of rotatable bonds is 6. The van der Waals surface area contributed by atoms with Gasteiger partial charge in [0.1, 0.15) is 6.10 Å². The zero-order valence-electron chi connectivity index (χ0n) is 19.6. The van der Waals surface area contributed by atoms with E-state index in [1.165, 1.54) is 0 Å². The molecule has 27 heavy (non-hydrogen) atoms. The second-order valence-electron chi connectivity index (χ2n) is 11.0. The molecule has 0 spiro atoms. The van der Waals surface area contributed by atoms with Gasteiger partial charge in [-0.15, -0.1) is 0 Å². The first-order chi connectivity index (χ1) is 11.9. The summed E-state index contributed by atoms with van der Waals surface area (Å²) < 4.78 is 24.6. The number of esters is 1. The Morgan fingerprint density at radius 1 is 0.926 bits per heavy atom. The van der Waals surface area contributed by atoms with E-state index in [9.17, 15) is 4.79 Å². The third-order valence-electron chi connectivity index (χ3n) is 6.18. The lowest BCUT2D eigenvalue weighted by Gasteiger charge is -2.43. The van der Waals surface area contributed by atoms with Crippen LogP contribution in [0.5, 0.6) is 0 Å². The van der Waals surface area contributed by atoms with Crippen molar-refractivity contribution in [1.82, 2.24) is 0 Å². The van der Waals surface area contributed by atoms with E-state index in [4.69, 9.17) is 18.3 Å². The van der Waals surface area contributed by atoms with Crippen molar-refractivity contribution >= 4 is 22.6 Å². The largest absolute Gasteiger partial charge is 0.461 e. The minimum atomic E-state index is -2.11. The van der Waals surface area contributed by atoms with E-state index in [1.807, 2.05) is 13.8 Å². The lowest BCUT2D eigenvalue weighted by molar-refractivity contribution is -0.161. The van der Waals surface area contributed by atoms with E-state index < -0.39 is 28.8 Å². The van der Waals surface area contributed by atoms with Crippen LogP contribution in [-0.2, 0) is 23.1 Å². The highest BCUT2D eigenvalue weighted by molar-refractivity contribution is 6.74. The second kappa shape index (κ2) is 8.26. The van der Waals surface area contributed by atoms with Crippen LogP contribution >= 0.6 is 0 Å². The van der Waals surface area contributed by atoms with Gasteiger partial charge in [0.25, 0.3) is 0 Å². The molecule has 1 aliphatic rings. The van der Waals surface area contributed by atoms with Gasteiger partial charge in [0, 0.05) is 0 Å². The number of ether oxygens (including phenoxy) is 2. The Morgan fingerprint density at radius 2 is 1.37 bits per heavy atom. The average Bonchev–Trinajstić information content (AvgIpc) is 2.77. The maximum atomic E-state index is 12.7. The van der Waals surface area contributed by atoms with Crippen LogP contribution < -0.4 is 0 Å². The predicted molar refractivity (Wildman–Crippen MR) is 115 cm³/mol. The summed E-state index contributed by atoms with van der Waals surface area (Å²) in [7, 11) is -4.14. The smallest absolute Gasteiger partial charge is 0.338 e. The first kappa shape index (κ1) is 24.8. The monoisotopic (exact) mass is 418 g/mol. The Morgan fingerprint density at radius 3 is 1.78 bits per heavy atom. The molecule has 0 radical (unpaired) electrons.